The molecule has 1 aromatic rings. The Kier molecular flexibility index (Phi) is 7.01. The number of halogens is 2. The molecule has 0 saturated carbocycles. The van der Waals surface area contributed by atoms with E-state index < -0.39 is 23.7 Å². The second-order valence-corrected chi connectivity index (χ2v) is 5.79. The summed E-state index contributed by atoms with van der Waals surface area (Å²) in [5.74, 6) is -0.852. The summed E-state index contributed by atoms with van der Waals surface area (Å²) < 4.78 is 18.3. The highest BCUT2D eigenvalue weighted by Gasteiger charge is 2.22. The second kappa shape index (κ2) is 8.26. The SMILES string of the molecule is COC(=O)[C@@H](CCSC)NC(=O)c1cc(F)ccc1Br. The number of nitrogens with one attached hydrogen (secondary N) is 1. The zero-order valence-corrected chi connectivity index (χ0v) is 13.5. The summed E-state index contributed by atoms with van der Waals surface area (Å²) in [5, 5.41) is 2.56. The van der Waals surface area contributed by atoms with Crippen molar-refractivity contribution < 1.29 is 18.7 Å². The fraction of sp³-hybridized carbons (Fsp3) is 0.385. The van der Waals surface area contributed by atoms with Crippen LogP contribution in [0.3, 0.4) is 0 Å². The molecule has 1 amide bonds. The number of carbonyl (C=O) groups excluding carboxylic acids is 2. The van der Waals surface area contributed by atoms with E-state index >= 15 is 0 Å². The van der Waals surface area contributed by atoms with Crippen LogP contribution >= 0.6 is 27.7 Å². The lowest BCUT2D eigenvalue weighted by Gasteiger charge is -2.16. The topological polar surface area (TPSA) is 55.4 Å². The third-order valence-electron chi connectivity index (χ3n) is 2.57. The number of thioether (sulfide) groups is 1. The van der Waals surface area contributed by atoms with Crippen LogP contribution in [-0.2, 0) is 9.53 Å². The van der Waals surface area contributed by atoms with Gasteiger partial charge in [-0.2, -0.15) is 11.8 Å². The molecule has 1 atom stereocenters. The maximum absolute atomic E-state index is 13.2. The number of esters is 1. The lowest BCUT2D eigenvalue weighted by Crippen LogP contribution is -2.42. The van der Waals surface area contributed by atoms with Crippen molar-refractivity contribution in [3.63, 3.8) is 0 Å². The van der Waals surface area contributed by atoms with E-state index in [-0.39, 0.29) is 5.56 Å². The molecular formula is C13H15BrFNO3S. The number of benzene rings is 1. The third-order valence-corrected chi connectivity index (χ3v) is 3.91. The largest absolute Gasteiger partial charge is 0.467 e. The molecule has 1 aromatic carbocycles. The van der Waals surface area contributed by atoms with Crippen LogP contribution in [0.25, 0.3) is 0 Å². The normalized spacial score (nSPS) is 11.8. The Hall–Kier alpha value is -1.08. The van der Waals surface area contributed by atoms with Gasteiger partial charge in [0, 0.05) is 4.47 Å². The van der Waals surface area contributed by atoms with Crippen LogP contribution in [-0.4, -0.2) is 37.0 Å². The third kappa shape index (κ3) is 4.79. The quantitative estimate of drug-likeness (QED) is 0.789. The smallest absolute Gasteiger partial charge is 0.328 e. The van der Waals surface area contributed by atoms with Gasteiger partial charge < -0.3 is 10.1 Å². The van der Waals surface area contributed by atoms with E-state index in [9.17, 15) is 14.0 Å². The number of carbonyl (C=O) groups is 2. The van der Waals surface area contributed by atoms with Gasteiger partial charge in [0.1, 0.15) is 11.9 Å². The predicted octanol–water partition coefficient (Wildman–Crippen LogP) is 2.61. The average Bonchev–Trinajstić information content (AvgIpc) is 2.44. The first kappa shape index (κ1) is 17.0. The van der Waals surface area contributed by atoms with Crippen LogP contribution < -0.4 is 5.32 Å². The van der Waals surface area contributed by atoms with Crippen molar-refractivity contribution in [3.05, 3.63) is 34.1 Å². The minimum atomic E-state index is -0.741. The van der Waals surface area contributed by atoms with Crippen molar-refractivity contribution in [3.8, 4) is 0 Å². The molecule has 0 radical (unpaired) electrons. The molecule has 0 aromatic heterocycles. The van der Waals surface area contributed by atoms with Crippen LogP contribution in [0.2, 0.25) is 0 Å². The molecule has 4 nitrogen and oxygen atoms in total. The van der Waals surface area contributed by atoms with Gasteiger partial charge >= 0.3 is 5.97 Å². The van der Waals surface area contributed by atoms with E-state index in [1.165, 1.54) is 19.2 Å². The highest BCUT2D eigenvalue weighted by Crippen LogP contribution is 2.18. The molecule has 110 valence electrons. The van der Waals surface area contributed by atoms with Crippen LogP contribution in [0.4, 0.5) is 4.39 Å². The lowest BCUT2D eigenvalue weighted by molar-refractivity contribution is -0.142. The molecule has 1 rings (SSSR count). The van der Waals surface area contributed by atoms with Gasteiger partial charge in [-0.05, 0) is 52.6 Å². The molecule has 0 bridgehead atoms. The molecule has 0 unspecified atom stereocenters. The summed E-state index contributed by atoms with van der Waals surface area (Å²) in [6.07, 6.45) is 2.35. The Morgan fingerprint density at radius 3 is 2.80 bits per heavy atom. The Labute approximate surface area is 129 Å². The van der Waals surface area contributed by atoms with Crippen molar-refractivity contribution in [2.45, 2.75) is 12.5 Å². The fourth-order valence-electron chi connectivity index (χ4n) is 1.53. The molecule has 0 saturated heterocycles. The van der Waals surface area contributed by atoms with Gasteiger partial charge in [0.25, 0.3) is 5.91 Å². The number of amides is 1. The highest BCUT2D eigenvalue weighted by molar-refractivity contribution is 9.10. The zero-order chi connectivity index (χ0) is 15.1. The van der Waals surface area contributed by atoms with E-state index in [2.05, 4.69) is 26.0 Å². The van der Waals surface area contributed by atoms with Crippen LogP contribution in [0.1, 0.15) is 16.8 Å². The van der Waals surface area contributed by atoms with Gasteiger partial charge in [0.15, 0.2) is 0 Å². The van der Waals surface area contributed by atoms with E-state index in [0.29, 0.717) is 16.6 Å². The van der Waals surface area contributed by atoms with Gasteiger partial charge in [-0.1, -0.05) is 0 Å². The second-order valence-electron chi connectivity index (χ2n) is 3.95. The van der Waals surface area contributed by atoms with Gasteiger partial charge in [0.05, 0.1) is 12.7 Å². The molecule has 1 N–H and O–H groups in total. The van der Waals surface area contributed by atoms with E-state index in [1.54, 1.807) is 11.8 Å². The number of methoxy groups -OCH3 is 1. The van der Waals surface area contributed by atoms with E-state index in [1.807, 2.05) is 6.26 Å². The van der Waals surface area contributed by atoms with Crippen molar-refractivity contribution in [1.82, 2.24) is 5.32 Å². The molecule has 0 aliphatic carbocycles. The average molecular weight is 364 g/mol. The molecular weight excluding hydrogens is 349 g/mol. The summed E-state index contributed by atoms with van der Waals surface area (Å²) in [5.41, 5.74) is 0.142. The minimum absolute atomic E-state index is 0.142. The van der Waals surface area contributed by atoms with E-state index in [4.69, 9.17) is 0 Å². The molecule has 0 spiro atoms. The molecule has 0 aliphatic rings. The molecule has 0 heterocycles. The monoisotopic (exact) mass is 363 g/mol. The minimum Gasteiger partial charge on any atom is -0.467 e. The summed E-state index contributed by atoms with van der Waals surface area (Å²) in [7, 11) is 1.26. The van der Waals surface area contributed by atoms with Gasteiger partial charge in [0.2, 0.25) is 0 Å². The maximum atomic E-state index is 13.2. The predicted molar refractivity (Wildman–Crippen MR) is 80.4 cm³/mol. The first-order chi connectivity index (χ1) is 9.49. The Balaban J connectivity index is 2.84. The number of rotatable bonds is 6. The van der Waals surface area contributed by atoms with Crippen LogP contribution in [0.15, 0.2) is 22.7 Å². The van der Waals surface area contributed by atoms with E-state index in [0.717, 1.165) is 6.07 Å². The lowest BCUT2D eigenvalue weighted by atomic mass is 10.1. The summed E-state index contributed by atoms with van der Waals surface area (Å²) in [6.45, 7) is 0. The Morgan fingerprint density at radius 2 is 2.20 bits per heavy atom. The number of hydrogen-bond acceptors (Lipinski definition) is 4. The van der Waals surface area contributed by atoms with Crippen molar-refractivity contribution in [1.29, 1.82) is 0 Å². The fourth-order valence-corrected chi connectivity index (χ4v) is 2.43. The highest BCUT2D eigenvalue weighted by atomic mass is 79.9. The van der Waals surface area contributed by atoms with Crippen LogP contribution in [0.5, 0.6) is 0 Å². The molecule has 20 heavy (non-hydrogen) atoms. The van der Waals surface area contributed by atoms with Crippen molar-refractivity contribution in [2.75, 3.05) is 19.1 Å². The Bertz CT molecular complexity index is 499. The summed E-state index contributed by atoms with van der Waals surface area (Å²) in [6, 6.07) is 3.06. The molecule has 0 aliphatic heterocycles. The van der Waals surface area contributed by atoms with Gasteiger partial charge in [-0.3, -0.25) is 4.79 Å². The summed E-state index contributed by atoms with van der Waals surface area (Å²) >= 11 is 4.74. The van der Waals surface area contributed by atoms with Crippen LogP contribution in [0, 0.1) is 5.82 Å². The molecule has 7 heteroatoms. The maximum Gasteiger partial charge on any atom is 0.328 e. The standard InChI is InChI=1S/C13H15BrFNO3S/c1-19-13(18)11(5-6-20-2)16-12(17)9-7-8(15)3-4-10(9)14/h3-4,7,11H,5-6H2,1-2H3,(H,16,17)/t11-/m1/s1. The Morgan fingerprint density at radius 1 is 1.50 bits per heavy atom. The molecule has 0 fully saturated rings. The van der Waals surface area contributed by atoms with Crippen molar-refractivity contribution in [2.24, 2.45) is 0 Å². The van der Waals surface area contributed by atoms with Crippen molar-refractivity contribution >= 4 is 39.6 Å². The zero-order valence-electron chi connectivity index (χ0n) is 11.1. The summed E-state index contributed by atoms with van der Waals surface area (Å²) in [4.78, 5) is 23.7. The first-order valence-electron chi connectivity index (χ1n) is 5.82. The van der Waals surface area contributed by atoms with Gasteiger partial charge in [-0.25, -0.2) is 9.18 Å². The van der Waals surface area contributed by atoms with Gasteiger partial charge in [-0.15, -0.1) is 0 Å². The first-order valence-corrected chi connectivity index (χ1v) is 8.01. The number of ether oxygens (including phenoxy) is 1. The number of hydrogen-bond donors (Lipinski definition) is 1.